The highest BCUT2D eigenvalue weighted by molar-refractivity contribution is 6.36. The molecule has 1 aromatic rings. The Morgan fingerprint density at radius 2 is 2.06 bits per heavy atom. The van der Waals surface area contributed by atoms with Gasteiger partial charge < -0.3 is 9.64 Å². The number of carbonyl (C=O) groups is 1. The van der Waals surface area contributed by atoms with Gasteiger partial charge in [-0.15, -0.1) is 11.6 Å². The van der Waals surface area contributed by atoms with Crippen LogP contribution >= 0.6 is 23.2 Å². The zero-order chi connectivity index (χ0) is 12.3. The number of halogens is 2. The third-order valence-electron chi connectivity index (χ3n) is 2.14. The Morgan fingerprint density at radius 1 is 1.44 bits per heavy atom. The maximum atomic E-state index is 11.7. The van der Waals surface area contributed by atoms with E-state index < -0.39 is 5.38 Å². The second-order valence-corrected chi connectivity index (χ2v) is 4.29. The average molecular weight is 262 g/mol. The van der Waals surface area contributed by atoms with Gasteiger partial charge in [0.05, 0.1) is 7.11 Å². The molecule has 1 rings (SSSR count). The van der Waals surface area contributed by atoms with Crippen LogP contribution in [0.3, 0.4) is 0 Å². The maximum absolute atomic E-state index is 11.7. The number of benzene rings is 1. The molecule has 0 aliphatic carbocycles. The van der Waals surface area contributed by atoms with Crippen molar-refractivity contribution >= 4 is 29.1 Å². The Bertz CT molecular complexity index is 394. The van der Waals surface area contributed by atoms with Gasteiger partial charge in [-0.2, -0.15) is 0 Å². The molecule has 0 spiro atoms. The Hall–Kier alpha value is -0.930. The standard InChI is InChI=1S/C11H13Cl2NO2/c1-14(2)11(15)10(13)9-7(12)5-4-6-8(9)16-3/h4-6,10H,1-3H3. The fourth-order valence-corrected chi connectivity index (χ4v) is 2.04. The van der Waals surface area contributed by atoms with E-state index in [-0.39, 0.29) is 5.91 Å². The van der Waals surface area contributed by atoms with Gasteiger partial charge >= 0.3 is 0 Å². The number of carbonyl (C=O) groups excluding carboxylic acids is 1. The molecule has 0 aliphatic rings. The quantitative estimate of drug-likeness (QED) is 0.784. The molecular weight excluding hydrogens is 249 g/mol. The lowest BCUT2D eigenvalue weighted by Gasteiger charge is -2.18. The number of alkyl halides is 1. The van der Waals surface area contributed by atoms with Crippen LogP contribution in [-0.4, -0.2) is 32.0 Å². The first-order chi connectivity index (χ1) is 7.49. The van der Waals surface area contributed by atoms with Gasteiger partial charge in [0.25, 0.3) is 0 Å². The molecule has 1 atom stereocenters. The van der Waals surface area contributed by atoms with Crippen LogP contribution in [-0.2, 0) is 4.79 Å². The first kappa shape index (κ1) is 13.1. The van der Waals surface area contributed by atoms with Crippen LogP contribution in [0, 0.1) is 0 Å². The molecule has 0 bridgehead atoms. The van der Waals surface area contributed by atoms with Crippen molar-refractivity contribution in [3.63, 3.8) is 0 Å². The fraction of sp³-hybridized carbons (Fsp3) is 0.364. The van der Waals surface area contributed by atoms with Crippen molar-refractivity contribution in [1.82, 2.24) is 4.90 Å². The van der Waals surface area contributed by atoms with Crippen molar-refractivity contribution in [2.75, 3.05) is 21.2 Å². The number of amides is 1. The molecule has 0 radical (unpaired) electrons. The summed E-state index contributed by atoms with van der Waals surface area (Å²) in [4.78, 5) is 13.2. The van der Waals surface area contributed by atoms with Crippen LogP contribution in [0.4, 0.5) is 0 Å². The Kier molecular flexibility index (Phi) is 4.44. The van der Waals surface area contributed by atoms with E-state index in [9.17, 15) is 4.79 Å². The number of nitrogens with zero attached hydrogens (tertiary/aromatic N) is 1. The van der Waals surface area contributed by atoms with Gasteiger partial charge in [-0.05, 0) is 12.1 Å². The van der Waals surface area contributed by atoms with Crippen LogP contribution < -0.4 is 4.74 Å². The van der Waals surface area contributed by atoms with E-state index in [2.05, 4.69) is 0 Å². The van der Waals surface area contributed by atoms with E-state index in [0.717, 1.165) is 0 Å². The second kappa shape index (κ2) is 5.41. The lowest BCUT2D eigenvalue weighted by molar-refractivity contribution is -0.128. The van der Waals surface area contributed by atoms with Crippen LogP contribution in [0.2, 0.25) is 5.02 Å². The van der Waals surface area contributed by atoms with E-state index in [4.69, 9.17) is 27.9 Å². The smallest absolute Gasteiger partial charge is 0.244 e. The van der Waals surface area contributed by atoms with Gasteiger partial charge in [0.1, 0.15) is 11.1 Å². The summed E-state index contributed by atoms with van der Waals surface area (Å²) in [6, 6.07) is 5.14. The maximum Gasteiger partial charge on any atom is 0.244 e. The molecule has 0 saturated carbocycles. The number of rotatable bonds is 3. The van der Waals surface area contributed by atoms with Crippen molar-refractivity contribution in [3.05, 3.63) is 28.8 Å². The molecule has 1 amide bonds. The highest BCUT2D eigenvalue weighted by atomic mass is 35.5. The van der Waals surface area contributed by atoms with Gasteiger partial charge in [0, 0.05) is 24.7 Å². The fourth-order valence-electron chi connectivity index (χ4n) is 1.29. The first-order valence-electron chi connectivity index (χ1n) is 4.66. The summed E-state index contributed by atoms with van der Waals surface area (Å²) >= 11 is 12.1. The molecule has 0 aliphatic heterocycles. The molecule has 0 heterocycles. The first-order valence-corrected chi connectivity index (χ1v) is 5.48. The van der Waals surface area contributed by atoms with Crippen LogP contribution in [0.25, 0.3) is 0 Å². The van der Waals surface area contributed by atoms with E-state index >= 15 is 0 Å². The normalized spacial score (nSPS) is 12.1. The predicted molar refractivity (Wildman–Crippen MR) is 65.3 cm³/mol. The van der Waals surface area contributed by atoms with E-state index in [0.29, 0.717) is 16.3 Å². The van der Waals surface area contributed by atoms with E-state index in [1.807, 2.05) is 0 Å². The number of hydrogen-bond acceptors (Lipinski definition) is 2. The molecule has 0 N–H and O–H groups in total. The molecule has 5 heteroatoms. The highest BCUT2D eigenvalue weighted by Gasteiger charge is 2.25. The zero-order valence-electron chi connectivity index (χ0n) is 9.33. The Labute approximate surface area is 105 Å². The van der Waals surface area contributed by atoms with Gasteiger partial charge in [0.2, 0.25) is 5.91 Å². The average Bonchev–Trinajstić information content (AvgIpc) is 2.26. The minimum atomic E-state index is -0.835. The molecule has 0 saturated heterocycles. The van der Waals surface area contributed by atoms with Crippen molar-refractivity contribution in [2.24, 2.45) is 0 Å². The van der Waals surface area contributed by atoms with Gasteiger partial charge in [0.15, 0.2) is 0 Å². The summed E-state index contributed by atoms with van der Waals surface area (Å²) in [5, 5.41) is -0.409. The van der Waals surface area contributed by atoms with Gasteiger partial charge in [-0.1, -0.05) is 17.7 Å². The molecule has 16 heavy (non-hydrogen) atoms. The topological polar surface area (TPSA) is 29.5 Å². The van der Waals surface area contributed by atoms with Gasteiger partial charge in [-0.3, -0.25) is 4.79 Å². The van der Waals surface area contributed by atoms with Crippen molar-refractivity contribution < 1.29 is 9.53 Å². The highest BCUT2D eigenvalue weighted by Crippen LogP contribution is 2.36. The summed E-state index contributed by atoms with van der Waals surface area (Å²) in [7, 11) is 4.79. The lowest BCUT2D eigenvalue weighted by atomic mass is 10.1. The predicted octanol–water partition coefficient (Wildman–Crippen LogP) is 2.72. The molecule has 1 unspecified atom stereocenters. The number of ether oxygens (including phenoxy) is 1. The van der Waals surface area contributed by atoms with Crippen LogP contribution in [0.15, 0.2) is 18.2 Å². The summed E-state index contributed by atoms with van der Waals surface area (Å²) < 4.78 is 5.14. The molecule has 88 valence electrons. The minimum absolute atomic E-state index is 0.229. The Morgan fingerprint density at radius 3 is 2.56 bits per heavy atom. The van der Waals surface area contributed by atoms with E-state index in [1.54, 1.807) is 32.3 Å². The van der Waals surface area contributed by atoms with Crippen molar-refractivity contribution in [2.45, 2.75) is 5.38 Å². The summed E-state index contributed by atoms with van der Waals surface area (Å²) in [5.41, 5.74) is 0.507. The molecule has 0 aromatic heterocycles. The number of hydrogen-bond donors (Lipinski definition) is 0. The lowest BCUT2D eigenvalue weighted by Crippen LogP contribution is -2.26. The summed E-state index contributed by atoms with van der Waals surface area (Å²) in [6.45, 7) is 0. The summed E-state index contributed by atoms with van der Waals surface area (Å²) in [5.74, 6) is 0.288. The molecule has 0 fully saturated rings. The minimum Gasteiger partial charge on any atom is -0.496 e. The van der Waals surface area contributed by atoms with E-state index in [1.165, 1.54) is 12.0 Å². The SMILES string of the molecule is COc1cccc(Cl)c1C(Cl)C(=O)N(C)C. The van der Waals surface area contributed by atoms with Crippen molar-refractivity contribution in [3.8, 4) is 5.75 Å². The third-order valence-corrected chi connectivity index (χ3v) is 2.88. The molecule has 1 aromatic carbocycles. The third kappa shape index (κ3) is 2.60. The number of likely N-dealkylation sites (N-methyl/N-ethyl adjacent to an activating group) is 1. The van der Waals surface area contributed by atoms with Gasteiger partial charge in [-0.25, -0.2) is 0 Å². The second-order valence-electron chi connectivity index (χ2n) is 3.45. The van der Waals surface area contributed by atoms with Crippen LogP contribution in [0.1, 0.15) is 10.9 Å². The molecule has 3 nitrogen and oxygen atoms in total. The van der Waals surface area contributed by atoms with Crippen LogP contribution in [0.5, 0.6) is 5.75 Å². The molecular formula is C11H13Cl2NO2. The number of methoxy groups -OCH3 is 1. The van der Waals surface area contributed by atoms with Crippen molar-refractivity contribution in [1.29, 1.82) is 0 Å². The Balaban J connectivity index is 3.16. The summed E-state index contributed by atoms with van der Waals surface area (Å²) in [6.07, 6.45) is 0. The monoisotopic (exact) mass is 261 g/mol. The largest absolute Gasteiger partial charge is 0.496 e. The zero-order valence-corrected chi connectivity index (χ0v) is 10.8.